The number of carbonyl (C=O) groups excluding carboxylic acids is 2. The number of aliphatic hydroxyl groups is 3. The number of phenolic OH excluding ortho intramolecular Hbond substituents is 1. The molecule has 5 atom stereocenters. The Morgan fingerprint density at radius 3 is 2.55 bits per heavy atom. The van der Waals surface area contributed by atoms with E-state index in [4.69, 9.17) is 18.9 Å². The maximum atomic E-state index is 14.2. The summed E-state index contributed by atoms with van der Waals surface area (Å²) in [4.78, 5) is 32.1. The summed E-state index contributed by atoms with van der Waals surface area (Å²) in [6.45, 7) is 0.131. The first-order valence-corrected chi connectivity index (χ1v) is 18.0. The lowest BCUT2D eigenvalue weighted by Crippen LogP contribution is -2.60. The lowest BCUT2D eigenvalue weighted by molar-refractivity contribution is -0.280. The molecule has 3 heterocycles. The third kappa shape index (κ3) is 6.51. The topological polar surface area (TPSA) is 171 Å². The average Bonchev–Trinajstić information content (AvgIpc) is 3.92. The molecule has 0 bridgehead atoms. The molecule has 1 amide bonds. The Hall–Kier alpha value is -4.98. The second-order valence-electron chi connectivity index (χ2n) is 14.1. The normalized spacial score (nSPS) is 23.2. The maximum absolute atomic E-state index is 14.2. The van der Waals surface area contributed by atoms with Crippen LogP contribution < -0.4 is 9.47 Å². The number of ether oxygens (including phenoxy) is 4. The lowest BCUT2D eigenvalue weighted by atomic mass is 9.87. The number of aromatic amines is 1. The molecule has 0 spiro atoms. The van der Waals surface area contributed by atoms with Crippen LogP contribution in [0.25, 0.3) is 21.7 Å². The van der Waals surface area contributed by atoms with Gasteiger partial charge in [-0.1, -0.05) is 49.2 Å². The van der Waals surface area contributed by atoms with Crippen molar-refractivity contribution in [2.75, 3.05) is 20.3 Å². The number of rotatable bonds is 11. The molecule has 1 saturated heterocycles. The van der Waals surface area contributed by atoms with Crippen LogP contribution in [0.15, 0.2) is 72.9 Å². The molecule has 12 nitrogen and oxygen atoms in total. The molecule has 4 aromatic carbocycles. The summed E-state index contributed by atoms with van der Waals surface area (Å²) in [5.74, 6) is -0.534. The predicted octanol–water partition coefficient (Wildman–Crippen LogP) is 4.93. The summed E-state index contributed by atoms with van der Waals surface area (Å²) in [7, 11) is 1.48. The van der Waals surface area contributed by atoms with Crippen molar-refractivity contribution < 1.29 is 49.0 Å². The zero-order valence-corrected chi connectivity index (χ0v) is 29.2. The summed E-state index contributed by atoms with van der Waals surface area (Å²) in [5, 5.41) is 46.6. The molecule has 5 N–H and O–H groups in total. The minimum Gasteiger partial charge on any atom is -0.506 e. The fourth-order valence-electron chi connectivity index (χ4n) is 8.05. The number of aromatic hydroxyl groups is 1. The van der Waals surface area contributed by atoms with E-state index in [2.05, 4.69) is 4.98 Å². The molecule has 8 rings (SSSR count). The monoisotopic (exact) mass is 722 g/mol. The first-order valence-electron chi connectivity index (χ1n) is 18.0. The zero-order chi connectivity index (χ0) is 36.8. The van der Waals surface area contributed by atoms with Gasteiger partial charge in [-0.3, -0.25) is 9.59 Å². The van der Waals surface area contributed by atoms with Crippen LogP contribution in [-0.2, 0) is 22.6 Å². The highest BCUT2D eigenvalue weighted by Gasteiger charge is 2.45. The Bertz CT molecular complexity index is 2180. The number of hydrogen-bond donors (Lipinski definition) is 5. The third-order valence-electron chi connectivity index (χ3n) is 10.8. The Balaban J connectivity index is 1.10. The van der Waals surface area contributed by atoms with Crippen LogP contribution >= 0.6 is 0 Å². The Labute approximate surface area is 305 Å². The van der Waals surface area contributed by atoms with Crippen LogP contribution in [0.5, 0.6) is 17.2 Å². The highest BCUT2D eigenvalue weighted by Crippen LogP contribution is 2.46. The van der Waals surface area contributed by atoms with Crippen LogP contribution in [0.1, 0.15) is 69.0 Å². The number of amides is 1. The van der Waals surface area contributed by atoms with Gasteiger partial charge < -0.3 is 49.3 Å². The van der Waals surface area contributed by atoms with E-state index in [1.165, 1.54) is 18.1 Å². The van der Waals surface area contributed by atoms with Gasteiger partial charge in [0.2, 0.25) is 6.29 Å². The number of fused-ring (bicyclic) bond motifs is 3. The van der Waals surface area contributed by atoms with E-state index in [0.29, 0.717) is 22.3 Å². The lowest BCUT2D eigenvalue weighted by Gasteiger charge is -2.40. The van der Waals surface area contributed by atoms with E-state index in [1.54, 1.807) is 18.2 Å². The molecule has 5 aromatic rings. The second-order valence-corrected chi connectivity index (χ2v) is 14.1. The summed E-state index contributed by atoms with van der Waals surface area (Å²) >= 11 is 0. The number of nitrogens with one attached hydrogen (secondary N) is 1. The van der Waals surface area contributed by atoms with Gasteiger partial charge in [0.05, 0.1) is 37.8 Å². The van der Waals surface area contributed by atoms with Gasteiger partial charge >= 0.3 is 0 Å². The van der Waals surface area contributed by atoms with Gasteiger partial charge in [0.1, 0.15) is 41.7 Å². The molecule has 1 aromatic heterocycles. The Morgan fingerprint density at radius 2 is 1.75 bits per heavy atom. The van der Waals surface area contributed by atoms with E-state index in [-0.39, 0.29) is 60.6 Å². The molecular formula is C41H42N2O10. The predicted molar refractivity (Wildman–Crippen MR) is 194 cm³/mol. The number of Topliss-reactive ketones (excluding diaryl/α,β-unsaturated/α-hetero) is 1. The molecule has 0 unspecified atom stereocenters. The van der Waals surface area contributed by atoms with Crippen molar-refractivity contribution in [3.8, 4) is 17.2 Å². The highest BCUT2D eigenvalue weighted by molar-refractivity contribution is 6.11. The van der Waals surface area contributed by atoms with Gasteiger partial charge in [-0.2, -0.15) is 0 Å². The van der Waals surface area contributed by atoms with Gasteiger partial charge in [-0.25, -0.2) is 0 Å². The number of benzene rings is 4. The van der Waals surface area contributed by atoms with Gasteiger partial charge in [-0.05, 0) is 59.5 Å². The Morgan fingerprint density at radius 1 is 0.981 bits per heavy atom. The van der Waals surface area contributed by atoms with Crippen LogP contribution in [0.4, 0.5) is 0 Å². The molecule has 2 aliphatic heterocycles. The van der Waals surface area contributed by atoms with E-state index in [1.807, 2.05) is 48.7 Å². The largest absolute Gasteiger partial charge is 0.506 e. The smallest absolute Gasteiger partial charge is 0.254 e. The average molecular weight is 723 g/mol. The van der Waals surface area contributed by atoms with Gasteiger partial charge in [0.25, 0.3) is 5.91 Å². The van der Waals surface area contributed by atoms with Crippen molar-refractivity contribution >= 4 is 33.4 Å². The minimum absolute atomic E-state index is 0.0245. The Kier molecular flexibility index (Phi) is 9.56. The summed E-state index contributed by atoms with van der Waals surface area (Å²) < 4.78 is 23.8. The van der Waals surface area contributed by atoms with Gasteiger partial charge in [0.15, 0.2) is 5.78 Å². The van der Waals surface area contributed by atoms with Crippen molar-refractivity contribution in [2.45, 2.75) is 75.5 Å². The zero-order valence-electron chi connectivity index (χ0n) is 29.2. The number of nitrogens with zero attached hydrogens (tertiary/aromatic N) is 1. The second kappa shape index (κ2) is 14.4. The quantitative estimate of drug-likeness (QED) is 0.118. The molecule has 53 heavy (non-hydrogen) atoms. The molecular weight excluding hydrogens is 680 g/mol. The minimum atomic E-state index is -1.68. The van der Waals surface area contributed by atoms with Crippen molar-refractivity contribution in [3.63, 3.8) is 0 Å². The van der Waals surface area contributed by atoms with Crippen molar-refractivity contribution in [1.82, 2.24) is 9.88 Å². The number of phenols is 1. The van der Waals surface area contributed by atoms with Gasteiger partial charge in [-0.15, -0.1) is 0 Å². The number of H-pyrrole nitrogens is 1. The van der Waals surface area contributed by atoms with E-state index in [9.17, 15) is 30.0 Å². The summed E-state index contributed by atoms with van der Waals surface area (Å²) in [5.41, 5.74) is 4.07. The number of aromatic nitrogens is 1. The number of hydrogen-bond acceptors (Lipinski definition) is 10. The SMILES string of the molecule is COc1cc(O[C@H]2O[C@H](COCc3c[nH]c4ccccc34)[C@@H](O)[C@H](O)[C@H]2O)c2c(O)c(C(=O)CN3Cc4ccccc4C3=O)c(C3CCCC3)cc2c1. The van der Waals surface area contributed by atoms with E-state index in [0.717, 1.165) is 47.7 Å². The number of ketones is 1. The van der Waals surface area contributed by atoms with Crippen molar-refractivity contribution in [1.29, 1.82) is 0 Å². The number of aliphatic hydroxyl groups excluding tert-OH is 3. The summed E-state index contributed by atoms with van der Waals surface area (Å²) in [6, 6.07) is 20.1. The van der Waals surface area contributed by atoms with Crippen LogP contribution in [0, 0.1) is 0 Å². The number of methoxy groups -OCH3 is 1. The fourth-order valence-corrected chi connectivity index (χ4v) is 8.05. The number of para-hydroxylation sites is 1. The number of carbonyl (C=O) groups is 2. The van der Waals surface area contributed by atoms with Crippen molar-refractivity contribution in [2.24, 2.45) is 0 Å². The third-order valence-corrected chi connectivity index (χ3v) is 10.8. The molecule has 1 aliphatic carbocycles. The molecule has 12 heteroatoms. The van der Waals surface area contributed by atoms with E-state index >= 15 is 0 Å². The summed E-state index contributed by atoms with van der Waals surface area (Å²) in [6.07, 6.45) is -1.89. The van der Waals surface area contributed by atoms with Crippen LogP contribution in [-0.4, -0.2) is 93.0 Å². The first-order chi connectivity index (χ1) is 25.7. The van der Waals surface area contributed by atoms with Crippen molar-refractivity contribution in [3.05, 3.63) is 101 Å². The highest BCUT2D eigenvalue weighted by atomic mass is 16.7. The molecule has 2 fully saturated rings. The first kappa shape index (κ1) is 35.1. The van der Waals surface area contributed by atoms with Crippen LogP contribution in [0.2, 0.25) is 0 Å². The fraction of sp³-hybridized carbons (Fsp3) is 0.366. The van der Waals surface area contributed by atoms with Gasteiger partial charge in [0, 0.05) is 40.8 Å². The molecule has 0 radical (unpaired) electrons. The van der Waals surface area contributed by atoms with E-state index < -0.39 is 36.5 Å². The maximum Gasteiger partial charge on any atom is 0.254 e. The standard InChI is InChI=1S/C41H42N2O10/c1-50-26-14-24-15-29(22-8-2-3-9-22)35(31(44)19-43-18-23-10-4-5-12-28(23)40(43)49)37(46)34(24)32(16-26)52-41-39(48)38(47)36(45)33(53-41)21-51-20-25-17-42-30-13-7-6-11-27(25)30/h4-7,10-17,22,33,36,38-39,41-42,45-48H,2-3,8-9,18-21H2,1H3/t33-,36-,38+,39-,41+/m1/s1. The molecule has 1 saturated carbocycles. The molecule has 3 aliphatic rings. The molecule has 276 valence electrons. The van der Waals surface area contributed by atoms with Crippen LogP contribution in [0.3, 0.4) is 0 Å².